The summed E-state index contributed by atoms with van der Waals surface area (Å²) in [5, 5.41) is 5.85. The Bertz CT molecular complexity index is 536. The fourth-order valence-electron chi connectivity index (χ4n) is 3.41. The van der Waals surface area contributed by atoms with Crippen LogP contribution in [0.5, 0.6) is 0 Å². The molecule has 7 heteroatoms. The van der Waals surface area contributed by atoms with Crippen molar-refractivity contribution < 1.29 is 19.2 Å². The van der Waals surface area contributed by atoms with E-state index in [1.807, 2.05) is 0 Å². The molecule has 1 fully saturated rings. The Labute approximate surface area is 175 Å². The van der Waals surface area contributed by atoms with E-state index in [1.54, 1.807) is 6.92 Å². The third kappa shape index (κ3) is 11.0. The number of hydrogen-bond donors (Lipinski definition) is 2. The number of rotatable bonds is 16. The van der Waals surface area contributed by atoms with E-state index >= 15 is 0 Å². The second kappa shape index (κ2) is 15.0. The number of carbonyl (C=O) groups is 4. The summed E-state index contributed by atoms with van der Waals surface area (Å²) in [4.78, 5) is 48.3. The van der Waals surface area contributed by atoms with Crippen LogP contribution in [0, 0.1) is 5.92 Å². The van der Waals surface area contributed by atoms with Crippen LogP contribution in [0.3, 0.4) is 0 Å². The third-order valence-electron chi connectivity index (χ3n) is 5.26. The first-order chi connectivity index (χ1) is 14.0. The van der Waals surface area contributed by atoms with Crippen molar-refractivity contribution >= 4 is 23.6 Å². The van der Waals surface area contributed by atoms with Gasteiger partial charge in [0.25, 0.3) is 0 Å². The lowest BCUT2D eigenvalue weighted by Gasteiger charge is -2.13. The number of unbranched alkanes of at least 4 members (excludes halogenated alkanes) is 6. The molecule has 1 aliphatic heterocycles. The molecule has 0 spiro atoms. The molecular formula is C22H39N3O4. The SMILES string of the molecule is CCCCCNC(=O)CCCCCNC(=O)CCCCCN1C(=O)CC(C)C1=O. The largest absolute Gasteiger partial charge is 0.356 e. The maximum absolute atomic E-state index is 11.8. The molecule has 0 saturated carbocycles. The monoisotopic (exact) mass is 409 g/mol. The number of imide groups is 1. The molecule has 7 nitrogen and oxygen atoms in total. The molecule has 4 amide bonds. The zero-order valence-electron chi connectivity index (χ0n) is 18.3. The lowest BCUT2D eigenvalue weighted by Crippen LogP contribution is -2.31. The number of hydrogen-bond acceptors (Lipinski definition) is 4. The molecule has 0 aromatic carbocycles. The van der Waals surface area contributed by atoms with Crippen LogP contribution in [-0.4, -0.2) is 48.2 Å². The zero-order valence-corrected chi connectivity index (χ0v) is 18.3. The second-order valence-corrected chi connectivity index (χ2v) is 8.02. The van der Waals surface area contributed by atoms with Crippen molar-refractivity contribution in [3.63, 3.8) is 0 Å². The topological polar surface area (TPSA) is 95.6 Å². The fraction of sp³-hybridized carbons (Fsp3) is 0.818. The van der Waals surface area contributed by atoms with E-state index in [9.17, 15) is 19.2 Å². The van der Waals surface area contributed by atoms with E-state index in [2.05, 4.69) is 17.6 Å². The van der Waals surface area contributed by atoms with E-state index in [4.69, 9.17) is 0 Å². The standard InChI is InChI=1S/C22H39N3O4/c1-3-4-9-14-23-19(26)12-7-5-10-15-24-20(27)13-8-6-11-16-25-21(28)17-18(2)22(25)29/h18H,3-17H2,1-2H3,(H,23,26)(H,24,27). The highest BCUT2D eigenvalue weighted by molar-refractivity contribution is 6.03. The minimum Gasteiger partial charge on any atom is -0.356 e. The maximum atomic E-state index is 11.8. The van der Waals surface area contributed by atoms with E-state index in [-0.39, 0.29) is 29.5 Å². The Morgan fingerprint density at radius 1 is 0.862 bits per heavy atom. The van der Waals surface area contributed by atoms with Crippen LogP contribution in [0.4, 0.5) is 0 Å². The van der Waals surface area contributed by atoms with Crippen molar-refractivity contribution in [2.45, 2.75) is 90.9 Å². The van der Waals surface area contributed by atoms with E-state index < -0.39 is 0 Å². The highest BCUT2D eigenvalue weighted by atomic mass is 16.2. The van der Waals surface area contributed by atoms with Crippen LogP contribution in [0.25, 0.3) is 0 Å². The molecule has 29 heavy (non-hydrogen) atoms. The van der Waals surface area contributed by atoms with Crippen molar-refractivity contribution in [3.8, 4) is 0 Å². The van der Waals surface area contributed by atoms with Crippen molar-refractivity contribution in [2.75, 3.05) is 19.6 Å². The first-order valence-electron chi connectivity index (χ1n) is 11.3. The summed E-state index contributed by atoms with van der Waals surface area (Å²) in [6, 6.07) is 0. The summed E-state index contributed by atoms with van der Waals surface area (Å²) in [6.45, 7) is 5.81. The van der Waals surface area contributed by atoms with Gasteiger partial charge in [0.05, 0.1) is 0 Å². The van der Waals surface area contributed by atoms with Crippen molar-refractivity contribution in [3.05, 3.63) is 0 Å². The molecule has 2 N–H and O–H groups in total. The fourth-order valence-corrected chi connectivity index (χ4v) is 3.41. The predicted molar refractivity (Wildman–Crippen MR) is 113 cm³/mol. The van der Waals surface area contributed by atoms with Crippen molar-refractivity contribution in [1.29, 1.82) is 0 Å². The van der Waals surface area contributed by atoms with Gasteiger partial charge in [-0.25, -0.2) is 0 Å². The maximum Gasteiger partial charge on any atom is 0.232 e. The smallest absolute Gasteiger partial charge is 0.232 e. The quantitative estimate of drug-likeness (QED) is 0.303. The lowest BCUT2D eigenvalue weighted by atomic mass is 10.1. The van der Waals surface area contributed by atoms with Crippen LogP contribution in [0.1, 0.15) is 90.9 Å². The molecule has 1 unspecified atom stereocenters. The van der Waals surface area contributed by atoms with Crippen LogP contribution in [0.15, 0.2) is 0 Å². The number of nitrogens with zero attached hydrogens (tertiary/aromatic N) is 1. The van der Waals surface area contributed by atoms with Crippen molar-refractivity contribution in [2.24, 2.45) is 5.92 Å². The van der Waals surface area contributed by atoms with Crippen LogP contribution in [0.2, 0.25) is 0 Å². The average molecular weight is 410 g/mol. The molecule has 0 aliphatic carbocycles. The Balaban J connectivity index is 1.91. The van der Waals surface area contributed by atoms with Crippen LogP contribution < -0.4 is 10.6 Å². The predicted octanol–water partition coefficient (Wildman–Crippen LogP) is 2.92. The van der Waals surface area contributed by atoms with Crippen molar-refractivity contribution in [1.82, 2.24) is 15.5 Å². The molecule has 0 aromatic rings. The molecule has 1 atom stereocenters. The summed E-state index contributed by atoms with van der Waals surface area (Å²) >= 11 is 0. The van der Waals surface area contributed by atoms with Gasteiger partial charge in [0.2, 0.25) is 23.6 Å². The average Bonchev–Trinajstić information content (AvgIpc) is 2.93. The molecule has 0 aromatic heterocycles. The van der Waals surface area contributed by atoms with Gasteiger partial charge in [-0.1, -0.05) is 39.5 Å². The second-order valence-electron chi connectivity index (χ2n) is 8.02. The van der Waals surface area contributed by atoms with Gasteiger partial charge in [-0.2, -0.15) is 0 Å². The van der Waals surface area contributed by atoms with Gasteiger partial charge < -0.3 is 10.6 Å². The number of amides is 4. The Morgan fingerprint density at radius 2 is 1.41 bits per heavy atom. The van der Waals surface area contributed by atoms with Gasteiger partial charge in [0.1, 0.15) is 0 Å². The van der Waals surface area contributed by atoms with E-state index in [0.717, 1.165) is 64.3 Å². The summed E-state index contributed by atoms with van der Waals surface area (Å²) in [7, 11) is 0. The molecule has 1 aliphatic rings. The van der Waals surface area contributed by atoms with Gasteiger partial charge >= 0.3 is 0 Å². The Kier molecular flexibility index (Phi) is 13.0. The van der Waals surface area contributed by atoms with E-state index in [1.165, 1.54) is 4.90 Å². The van der Waals surface area contributed by atoms with Gasteiger partial charge in [0, 0.05) is 44.8 Å². The van der Waals surface area contributed by atoms with Crippen LogP contribution in [-0.2, 0) is 19.2 Å². The van der Waals surface area contributed by atoms with Gasteiger partial charge in [-0.3, -0.25) is 24.1 Å². The van der Waals surface area contributed by atoms with Gasteiger partial charge in [0.15, 0.2) is 0 Å². The molecule has 1 saturated heterocycles. The summed E-state index contributed by atoms with van der Waals surface area (Å²) in [6.07, 6.45) is 9.69. The highest BCUT2D eigenvalue weighted by Gasteiger charge is 2.34. The zero-order chi connectivity index (χ0) is 21.5. The van der Waals surface area contributed by atoms with Crippen LogP contribution >= 0.6 is 0 Å². The summed E-state index contributed by atoms with van der Waals surface area (Å²) in [5.74, 6) is -0.165. The summed E-state index contributed by atoms with van der Waals surface area (Å²) in [5.41, 5.74) is 0. The molecule has 0 bridgehead atoms. The number of likely N-dealkylation sites (tertiary alicyclic amines) is 1. The van der Waals surface area contributed by atoms with E-state index in [0.29, 0.717) is 32.4 Å². The summed E-state index contributed by atoms with van der Waals surface area (Å²) < 4.78 is 0. The van der Waals surface area contributed by atoms with Gasteiger partial charge in [-0.05, 0) is 32.1 Å². The molecule has 1 rings (SSSR count). The number of nitrogens with one attached hydrogen (secondary N) is 2. The minimum atomic E-state index is -0.187. The lowest BCUT2D eigenvalue weighted by molar-refractivity contribution is -0.139. The first-order valence-corrected chi connectivity index (χ1v) is 11.3. The molecule has 0 radical (unpaired) electrons. The Morgan fingerprint density at radius 3 is 1.93 bits per heavy atom. The minimum absolute atomic E-state index is 0.0422. The molecular weight excluding hydrogens is 370 g/mol. The molecule has 166 valence electrons. The Hall–Kier alpha value is -1.92. The number of carbonyl (C=O) groups excluding carboxylic acids is 4. The van der Waals surface area contributed by atoms with Gasteiger partial charge in [-0.15, -0.1) is 0 Å². The third-order valence-corrected chi connectivity index (χ3v) is 5.26. The molecule has 1 heterocycles. The highest BCUT2D eigenvalue weighted by Crippen LogP contribution is 2.19. The normalized spacial score (nSPS) is 16.3. The first kappa shape index (κ1) is 25.1.